The summed E-state index contributed by atoms with van der Waals surface area (Å²) in [4.78, 5) is 13.8. The molecule has 4 heteroatoms. The molecule has 1 atom stereocenters. The minimum atomic E-state index is -0.116. The van der Waals surface area contributed by atoms with E-state index in [9.17, 15) is 4.79 Å². The SMILES string of the molecule is CC(CN(C)C)NC(=O)c1ccc(O)cc1. The molecule has 16 heavy (non-hydrogen) atoms. The molecule has 2 N–H and O–H groups in total. The molecule has 0 radical (unpaired) electrons. The molecule has 1 rings (SSSR count). The summed E-state index contributed by atoms with van der Waals surface area (Å²) < 4.78 is 0. The Hall–Kier alpha value is -1.55. The van der Waals surface area contributed by atoms with Crippen molar-refractivity contribution in [3.05, 3.63) is 29.8 Å². The van der Waals surface area contributed by atoms with Gasteiger partial charge < -0.3 is 15.3 Å². The Morgan fingerprint density at radius 2 is 1.94 bits per heavy atom. The summed E-state index contributed by atoms with van der Waals surface area (Å²) in [5, 5.41) is 12.0. The lowest BCUT2D eigenvalue weighted by molar-refractivity contribution is 0.0934. The van der Waals surface area contributed by atoms with Crippen molar-refractivity contribution in [1.29, 1.82) is 0 Å². The molecule has 4 nitrogen and oxygen atoms in total. The molecule has 0 saturated heterocycles. The Kier molecular flexibility index (Phi) is 4.31. The molecule has 0 saturated carbocycles. The van der Waals surface area contributed by atoms with Gasteiger partial charge in [0, 0.05) is 18.2 Å². The molecule has 0 heterocycles. The van der Waals surface area contributed by atoms with Gasteiger partial charge in [-0.25, -0.2) is 0 Å². The molecular weight excluding hydrogens is 204 g/mol. The molecule has 0 aliphatic heterocycles. The molecule has 0 spiro atoms. The zero-order valence-electron chi connectivity index (χ0n) is 9.90. The maximum atomic E-state index is 11.7. The molecule has 1 aromatic rings. The minimum absolute atomic E-state index is 0.0938. The summed E-state index contributed by atoms with van der Waals surface area (Å²) >= 11 is 0. The van der Waals surface area contributed by atoms with E-state index in [2.05, 4.69) is 5.32 Å². The van der Waals surface area contributed by atoms with E-state index < -0.39 is 0 Å². The van der Waals surface area contributed by atoms with Crippen LogP contribution in [0.5, 0.6) is 5.75 Å². The van der Waals surface area contributed by atoms with Crippen molar-refractivity contribution in [2.24, 2.45) is 0 Å². The molecule has 1 unspecified atom stereocenters. The second kappa shape index (κ2) is 5.51. The third-order valence-corrected chi connectivity index (χ3v) is 2.15. The number of aromatic hydroxyl groups is 1. The van der Waals surface area contributed by atoms with E-state index in [1.165, 1.54) is 12.1 Å². The van der Waals surface area contributed by atoms with Gasteiger partial charge in [-0.1, -0.05) is 0 Å². The highest BCUT2D eigenvalue weighted by Crippen LogP contribution is 2.09. The fourth-order valence-corrected chi connectivity index (χ4v) is 1.51. The zero-order valence-corrected chi connectivity index (χ0v) is 9.90. The largest absolute Gasteiger partial charge is 0.508 e. The van der Waals surface area contributed by atoms with Crippen molar-refractivity contribution in [3.63, 3.8) is 0 Å². The molecular formula is C12H18N2O2. The average molecular weight is 222 g/mol. The minimum Gasteiger partial charge on any atom is -0.508 e. The highest BCUT2D eigenvalue weighted by molar-refractivity contribution is 5.94. The summed E-state index contributed by atoms with van der Waals surface area (Å²) in [5.41, 5.74) is 0.559. The molecule has 0 aliphatic rings. The van der Waals surface area contributed by atoms with Gasteiger partial charge in [0.2, 0.25) is 0 Å². The first-order chi connectivity index (χ1) is 7.49. The Bertz CT molecular complexity index is 347. The maximum Gasteiger partial charge on any atom is 0.251 e. The average Bonchev–Trinajstić information content (AvgIpc) is 2.16. The lowest BCUT2D eigenvalue weighted by atomic mass is 10.2. The van der Waals surface area contributed by atoms with Gasteiger partial charge in [0.15, 0.2) is 0 Å². The van der Waals surface area contributed by atoms with E-state index in [0.29, 0.717) is 5.56 Å². The van der Waals surface area contributed by atoms with Gasteiger partial charge in [-0.3, -0.25) is 4.79 Å². The number of hydrogen-bond acceptors (Lipinski definition) is 3. The molecule has 0 aliphatic carbocycles. The van der Waals surface area contributed by atoms with Gasteiger partial charge in [0.05, 0.1) is 0 Å². The first-order valence-electron chi connectivity index (χ1n) is 5.23. The predicted molar refractivity (Wildman–Crippen MR) is 63.6 cm³/mol. The zero-order chi connectivity index (χ0) is 12.1. The second-order valence-corrected chi connectivity index (χ2v) is 4.18. The standard InChI is InChI=1S/C12H18N2O2/c1-9(8-14(2)3)13-12(16)10-4-6-11(15)7-5-10/h4-7,9,15H,8H2,1-3H3,(H,13,16). The van der Waals surface area contributed by atoms with Crippen LogP contribution in [0.1, 0.15) is 17.3 Å². The normalized spacial score (nSPS) is 12.5. The summed E-state index contributed by atoms with van der Waals surface area (Å²) in [6.45, 7) is 2.75. The molecule has 0 bridgehead atoms. The quantitative estimate of drug-likeness (QED) is 0.801. The Labute approximate surface area is 95.9 Å². The van der Waals surface area contributed by atoms with E-state index in [1.807, 2.05) is 25.9 Å². The van der Waals surface area contributed by atoms with Gasteiger partial charge in [0.1, 0.15) is 5.75 Å². The van der Waals surface area contributed by atoms with Gasteiger partial charge in [-0.05, 0) is 45.3 Å². The second-order valence-electron chi connectivity index (χ2n) is 4.18. The topological polar surface area (TPSA) is 52.6 Å². The highest BCUT2D eigenvalue weighted by atomic mass is 16.3. The number of rotatable bonds is 4. The monoisotopic (exact) mass is 222 g/mol. The Morgan fingerprint density at radius 1 is 1.38 bits per heavy atom. The van der Waals surface area contributed by atoms with Crippen molar-refractivity contribution in [2.75, 3.05) is 20.6 Å². The molecule has 1 amide bonds. The van der Waals surface area contributed by atoms with Crippen molar-refractivity contribution in [2.45, 2.75) is 13.0 Å². The summed E-state index contributed by atoms with van der Waals surface area (Å²) in [6.07, 6.45) is 0. The van der Waals surface area contributed by atoms with Crippen LogP contribution in [0.25, 0.3) is 0 Å². The van der Waals surface area contributed by atoms with Crippen molar-refractivity contribution >= 4 is 5.91 Å². The summed E-state index contributed by atoms with van der Waals surface area (Å²) in [7, 11) is 3.92. The third kappa shape index (κ3) is 3.90. The first-order valence-corrected chi connectivity index (χ1v) is 5.23. The van der Waals surface area contributed by atoms with Gasteiger partial charge in [-0.15, -0.1) is 0 Å². The Morgan fingerprint density at radius 3 is 2.44 bits per heavy atom. The lowest BCUT2D eigenvalue weighted by Gasteiger charge is -2.18. The van der Waals surface area contributed by atoms with Crippen LogP contribution >= 0.6 is 0 Å². The highest BCUT2D eigenvalue weighted by Gasteiger charge is 2.09. The van der Waals surface area contributed by atoms with Crippen molar-refractivity contribution in [3.8, 4) is 5.75 Å². The molecule has 0 aromatic heterocycles. The number of amides is 1. The van der Waals surface area contributed by atoms with E-state index in [1.54, 1.807) is 12.1 Å². The summed E-state index contributed by atoms with van der Waals surface area (Å²) in [6, 6.07) is 6.31. The van der Waals surface area contributed by atoms with Crippen LogP contribution in [0.15, 0.2) is 24.3 Å². The predicted octanol–water partition coefficient (Wildman–Crippen LogP) is 1.07. The third-order valence-electron chi connectivity index (χ3n) is 2.15. The molecule has 0 fully saturated rings. The first kappa shape index (κ1) is 12.5. The number of nitrogens with one attached hydrogen (secondary N) is 1. The van der Waals surface area contributed by atoms with E-state index in [4.69, 9.17) is 5.11 Å². The van der Waals surface area contributed by atoms with Gasteiger partial charge in [-0.2, -0.15) is 0 Å². The van der Waals surface area contributed by atoms with Crippen molar-refractivity contribution < 1.29 is 9.90 Å². The fourth-order valence-electron chi connectivity index (χ4n) is 1.51. The molecule has 1 aromatic carbocycles. The van der Waals surface area contributed by atoms with Crippen LogP contribution in [0.3, 0.4) is 0 Å². The number of carbonyl (C=O) groups is 1. The lowest BCUT2D eigenvalue weighted by Crippen LogP contribution is -2.39. The number of phenols is 1. The number of benzene rings is 1. The molecule has 88 valence electrons. The van der Waals surface area contributed by atoms with Crippen LogP contribution < -0.4 is 5.32 Å². The van der Waals surface area contributed by atoms with E-state index in [0.717, 1.165) is 6.54 Å². The van der Waals surface area contributed by atoms with Crippen LogP contribution in [-0.2, 0) is 0 Å². The van der Waals surface area contributed by atoms with Crippen LogP contribution in [0.2, 0.25) is 0 Å². The summed E-state index contributed by atoms with van der Waals surface area (Å²) in [5.74, 6) is 0.0484. The van der Waals surface area contributed by atoms with Crippen LogP contribution in [-0.4, -0.2) is 42.6 Å². The van der Waals surface area contributed by atoms with Crippen LogP contribution in [0, 0.1) is 0 Å². The number of hydrogen-bond donors (Lipinski definition) is 2. The number of carbonyl (C=O) groups excluding carboxylic acids is 1. The van der Waals surface area contributed by atoms with E-state index in [-0.39, 0.29) is 17.7 Å². The van der Waals surface area contributed by atoms with Crippen molar-refractivity contribution in [1.82, 2.24) is 10.2 Å². The maximum absolute atomic E-state index is 11.7. The van der Waals surface area contributed by atoms with Gasteiger partial charge in [0.25, 0.3) is 5.91 Å². The van der Waals surface area contributed by atoms with Crippen LogP contribution in [0.4, 0.5) is 0 Å². The van der Waals surface area contributed by atoms with Gasteiger partial charge >= 0.3 is 0 Å². The number of nitrogens with zero attached hydrogens (tertiary/aromatic N) is 1. The number of phenolic OH excluding ortho intramolecular Hbond substituents is 1. The van der Waals surface area contributed by atoms with E-state index >= 15 is 0 Å². The smallest absolute Gasteiger partial charge is 0.251 e. The number of likely N-dealkylation sites (N-methyl/N-ethyl adjacent to an activating group) is 1. The fraction of sp³-hybridized carbons (Fsp3) is 0.417. The Balaban J connectivity index is 2.55.